The van der Waals surface area contributed by atoms with Crippen LogP contribution in [-0.2, 0) is 16.1 Å². The minimum Gasteiger partial charge on any atom is -0.462 e. The molecule has 0 aliphatic heterocycles. The lowest BCUT2D eigenvalue weighted by atomic mass is 10.1. The molecule has 1 fully saturated rings. The number of nitrogens with zero attached hydrogens (tertiary/aromatic N) is 1. The van der Waals surface area contributed by atoms with Crippen molar-refractivity contribution < 1.29 is 19.1 Å². The molecule has 31 heavy (non-hydrogen) atoms. The average Bonchev–Trinajstić information content (AvgIpc) is 3.53. The van der Waals surface area contributed by atoms with Gasteiger partial charge in [-0.2, -0.15) is 0 Å². The highest BCUT2D eigenvalue weighted by Gasteiger charge is 2.31. The maximum Gasteiger partial charge on any atom is 0.341 e. The summed E-state index contributed by atoms with van der Waals surface area (Å²) in [6, 6.07) is 8.70. The molecule has 1 aromatic carbocycles. The standard InChI is InChI=1S/C23H29N3O4S/c1-5-30-23(29)19-15(3)20(21(28)24-4)31-22(19)25-18(27)13-26(17-10-11-17)12-16-8-6-14(2)7-9-16/h6-9,17H,5,10-13H2,1-4H3,(H,24,28)(H,25,27). The Bertz CT molecular complexity index is 964. The fourth-order valence-corrected chi connectivity index (χ4v) is 4.57. The predicted octanol–water partition coefficient (Wildman–Crippen LogP) is 3.50. The van der Waals surface area contributed by atoms with Gasteiger partial charge in [0.15, 0.2) is 0 Å². The molecule has 2 amide bonds. The number of thiophene rings is 1. The number of carbonyl (C=O) groups is 3. The van der Waals surface area contributed by atoms with Crippen molar-refractivity contribution >= 4 is 34.1 Å². The van der Waals surface area contributed by atoms with Crippen LogP contribution in [0.5, 0.6) is 0 Å². The van der Waals surface area contributed by atoms with Crippen molar-refractivity contribution in [3.8, 4) is 0 Å². The molecule has 0 atom stereocenters. The van der Waals surface area contributed by atoms with Crippen LogP contribution < -0.4 is 10.6 Å². The Labute approximate surface area is 186 Å². The predicted molar refractivity (Wildman–Crippen MR) is 122 cm³/mol. The highest BCUT2D eigenvalue weighted by Crippen LogP contribution is 2.34. The van der Waals surface area contributed by atoms with Crippen molar-refractivity contribution in [2.75, 3.05) is 25.5 Å². The molecule has 1 aliphatic rings. The quantitative estimate of drug-likeness (QED) is 0.579. The van der Waals surface area contributed by atoms with Crippen LogP contribution in [0.15, 0.2) is 24.3 Å². The number of hydrogen-bond acceptors (Lipinski definition) is 6. The van der Waals surface area contributed by atoms with Crippen molar-refractivity contribution in [3.63, 3.8) is 0 Å². The van der Waals surface area contributed by atoms with E-state index < -0.39 is 5.97 Å². The number of esters is 1. The Morgan fingerprint density at radius 2 is 1.84 bits per heavy atom. The fraction of sp³-hybridized carbons (Fsp3) is 0.435. The zero-order valence-corrected chi connectivity index (χ0v) is 19.2. The molecule has 2 aromatic rings. The van der Waals surface area contributed by atoms with Gasteiger partial charge in [-0.15, -0.1) is 11.3 Å². The smallest absolute Gasteiger partial charge is 0.341 e. The van der Waals surface area contributed by atoms with E-state index in [-0.39, 0.29) is 30.5 Å². The minimum absolute atomic E-state index is 0.211. The topological polar surface area (TPSA) is 87.7 Å². The van der Waals surface area contributed by atoms with Crippen LogP contribution in [0, 0.1) is 13.8 Å². The molecule has 0 radical (unpaired) electrons. The first-order chi connectivity index (χ1) is 14.8. The summed E-state index contributed by atoms with van der Waals surface area (Å²) in [6.07, 6.45) is 2.15. The first-order valence-corrected chi connectivity index (χ1v) is 11.3. The van der Waals surface area contributed by atoms with Crippen LogP contribution in [0.1, 0.15) is 56.5 Å². The van der Waals surface area contributed by atoms with Gasteiger partial charge in [-0.05, 0) is 44.7 Å². The molecule has 1 heterocycles. The van der Waals surface area contributed by atoms with Crippen LogP contribution in [0.3, 0.4) is 0 Å². The number of amides is 2. The van der Waals surface area contributed by atoms with E-state index in [1.165, 1.54) is 12.6 Å². The van der Waals surface area contributed by atoms with Crippen LogP contribution >= 0.6 is 11.3 Å². The van der Waals surface area contributed by atoms with E-state index in [9.17, 15) is 14.4 Å². The average molecular weight is 444 g/mol. The van der Waals surface area contributed by atoms with E-state index >= 15 is 0 Å². The molecular formula is C23H29N3O4S. The van der Waals surface area contributed by atoms with Gasteiger partial charge in [0.05, 0.1) is 23.6 Å². The van der Waals surface area contributed by atoms with Crippen molar-refractivity contribution in [2.45, 2.75) is 46.2 Å². The van der Waals surface area contributed by atoms with E-state index in [4.69, 9.17) is 4.74 Å². The first-order valence-electron chi connectivity index (χ1n) is 10.5. The third kappa shape index (κ3) is 5.71. The minimum atomic E-state index is -0.541. The van der Waals surface area contributed by atoms with E-state index in [0.717, 1.165) is 29.7 Å². The second kappa shape index (κ2) is 10.1. The van der Waals surface area contributed by atoms with Crippen molar-refractivity contribution in [2.24, 2.45) is 0 Å². The lowest BCUT2D eigenvalue weighted by molar-refractivity contribution is -0.117. The molecule has 2 N–H and O–H groups in total. The summed E-state index contributed by atoms with van der Waals surface area (Å²) >= 11 is 1.09. The zero-order chi connectivity index (χ0) is 22.5. The maximum atomic E-state index is 12.9. The van der Waals surface area contributed by atoms with E-state index in [1.807, 2.05) is 6.92 Å². The van der Waals surface area contributed by atoms with E-state index in [0.29, 0.717) is 28.0 Å². The molecule has 1 saturated carbocycles. The van der Waals surface area contributed by atoms with Crippen LogP contribution in [0.25, 0.3) is 0 Å². The van der Waals surface area contributed by atoms with Gasteiger partial charge in [0.25, 0.3) is 5.91 Å². The number of carbonyl (C=O) groups excluding carboxylic acids is 3. The normalized spacial score (nSPS) is 13.2. The summed E-state index contributed by atoms with van der Waals surface area (Å²) in [5, 5.41) is 5.78. The Hall–Kier alpha value is -2.71. The van der Waals surface area contributed by atoms with Crippen molar-refractivity contribution in [1.82, 2.24) is 10.2 Å². The number of ether oxygens (including phenoxy) is 1. The highest BCUT2D eigenvalue weighted by molar-refractivity contribution is 7.18. The molecule has 1 aliphatic carbocycles. The second-order valence-corrected chi connectivity index (χ2v) is 8.75. The van der Waals surface area contributed by atoms with Gasteiger partial charge < -0.3 is 15.4 Å². The Morgan fingerprint density at radius 3 is 2.42 bits per heavy atom. The molecule has 0 unspecified atom stereocenters. The summed E-state index contributed by atoms with van der Waals surface area (Å²) in [5.41, 5.74) is 3.12. The van der Waals surface area contributed by atoms with Gasteiger partial charge in [-0.1, -0.05) is 29.8 Å². The number of benzene rings is 1. The third-order valence-electron chi connectivity index (χ3n) is 5.23. The van der Waals surface area contributed by atoms with Gasteiger partial charge in [0, 0.05) is 19.6 Å². The first kappa shape index (κ1) is 23.0. The number of hydrogen-bond donors (Lipinski definition) is 2. The van der Waals surface area contributed by atoms with Gasteiger partial charge in [-0.3, -0.25) is 14.5 Å². The Balaban J connectivity index is 1.77. The summed E-state index contributed by atoms with van der Waals surface area (Å²) in [6.45, 7) is 6.58. The van der Waals surface area contributed by atoms with Crippen LogP contribution in [0.2, 0.25) is 0 Å². The van der Waals surface area contributed by atoms with Gasteiger partial charge in [0.1, 0.15) is 5.00 Å². The largest absolute Gasteiger partial charge is 0.462 e. The molecule has 0 bridgehead atoms. The molecule has 0 spiro atoms. The van der Waals surface area contributed by atoms with E-state index in [1.54, 1.807) is 13.8 Å². The number of nitrogens with one attached hydrogen (secondary N) is 2. The molecule has 0 saturated heterocycles. The van der Waals surface area contributed by atoms with Gasteiger partial charge in [-0.25, -0.2) is 4.79 Å². The van der Waals surface area contributed by atoms with Crippen molar-refractivity contribution in [1.29, 1.82) is 0 Å². The molecule has 7 nitrogen and oxygen atoms in total. The second-order valence-electron chi connectivity index (χ2n) is 7.73. The summed E-state index contributed by atoms with van der Waals surface area (Å²) in [7, 11) is 1.53. The van der Waals surface area contributed by atoms with Crippen molar-refractivity contribution in [3.05, 3.63) is 51.4 Å². The number of rotatable bonds is 9. The molecule has 1 aromatic heterocycles. The summed E-state index contributed by atoms with van der Waals surface area (Å²) in [4.78, 5) is 40.1. The Morgan fingerprint density at radius 1 is 1.16 bits per heavy atom. The maximum absolute atomic E-state index is 12.9. The Kier molecular flexibility index (Phi) is 7.46. The van der Waals surface area contributed by atoms with Crippen LogP contribution in [0.4, 0.5) is 5.00 Å². The SMILES string of the molecule is CCOC(=O)c1c(NC(=O)CN(Cc2ccc(C)cc2)C2CC2)sc(C(=O)NC)c1C. The molecule has 3 rings (SSSR count). The zero-order valence-electron chi connectivity index (χ0n) is 18.4. The molecule has 166 valence electrons. The summed E-state index contributed by atoms with van der Waals surface area (Å²) < 4.78 is 5.15. The number of anilines is 1. The van der Waals surface area contributed by atoms with Gasteiger partial charge in [0.2, 0.25) is 5.91 Å². The summed E-state index contributed by atoms with van der Waals surface area (Å²) in [5.74, 6) is -1.05. The lowest BCUT2D eigenvalue weighted by Gasteiger charge is -2.21. The third-order valence-corrected chi connectivity index (χ3v) is 6.43. The number of aryl methyl sites for hydroxylation is 1. The molecular weight excluding hydrogens is 414 g/mol. The van der Waals surface area contributed by atoms with E-state index in [2.05, 4.69) is 39.8 Å². The van der Waals surface area contributed by atoms with Crippen LogP contribution in [-0.4, -0.2) is 48.9 Å². The van der Waals surface area contributed by atoms with Gasteiger partial charge >= 0.3 is 5.97 Å². The molecule has 8 heteroatoms. The lowest BCUT2D eigenvalue weighted by Crippen LogP contribution is -2.34. The fourth-order valence-electron chi connectivity index (χ4n) is 3.41. The highest BCUT2D eigenvalue weighted by atomic mass is 32.1. The monoisotopic (exact) mass is 443 g/mol.